The Morgan fingerprint density at radius 1 is 1.00 bits per heavy atom. The van der Waals surface area contributed by atoms with Crippen LogP contribution in [-0.4, -0.2) is 37.5 Å². The summed E-state index contributed by atoms with van der Waals surface area (Å²) in [6.45, 7) is 4.76. The van der Waals surface area contributed by atoms with Gasteiger partial charge in [0, 0.05) is 30.0 Å². The molecule has 0 radical (unpaired) electrons. The summed E-state index contributed by atoms with van der Waals surface area (Å²) in [6, 6.07) is 13.6. The minimum atomic E-state index is -0.573. The van der Waals surface area contributed by atoms with Crippen LogP contribution < -0.4 is 16.0 Å². The number of benzene rings is 2. The van der Waals surface area contributed by atoms with Crippen LogP contribution in [0.15, 0.2) is 48.5 Å². The highest BCUT2D eigenvalue weighted by Gasteiger charge is 2.14. The van der Waals surface area contributed by atoms with Gasteiger partial charge in [-0.25, -0.2) is 4.79 Å². The number of nitrogens with one attached hydrogen (secondary N) is 3. The van der Waals surface area contributed by atoms with Gasteiger partial charge in [0.2, 0.25) is 0 Å². The monoisotopic (exact) mass is 397 g/mol. The molecule has 2 aromatic carbocycles. The average molecular weight is 397 g/mol. The van der Waals surface area contributed by atoms with E-state index in [4.69, 9.17) is 4.74 Å². The van der Waals surface area contributed by atoms with Crippen LogP contribution in [0.4, 0.5) is 11.4 Å². The van der Waals surface area contributed by atoms with Gasteiger partial charge in [-0.2, -0.15) is 0 Å². The molecular formula is C22H27N3O4. The van der Waals surface area contributed by atoms with Gasteiger partial charge in [0.15, 0.2) is 6.61 Å². The molecule has 0 aromatic heterocycles. The summed E-state index contributed by atoms with van der Waals surface area (Å²) in [4.78, 5) is 36.4. The number of unbranched alkanes of at least 4 members (excludes halogenated alkanes) is 1. The molecule has 0 bridgehead atoms. The highest BCUT2D eigenvalue weighted by Crippen LogP contribution is 2.16. The molecule has 0 aliphatic carbocycles. The third-order valence-corrected chi connectivity index (χ3v) is 4.07. The maximum Gasteiger partial charge on any atom is 0.340 e. The molecule has 0 heterocycles. The van der Waals surface area contributed by atoms with E-state index < -0.39 is 18.5 Å². The first-order chi connectivity index (χ1) is 14.0. The van der Waals surface area contributed by atoms with Crippen LogP contribution >= 0.6 is 0 Å². The maximum atomic E-state index is 12.4. The van der Waals surface area contributed by atoms with Gasteiger partial charge in [-0.3, -0.25) is 9.59 Å². The van der Waals surface area contributed by atoms with Crippen molar-refractivity contribution in [1.82, 2.24) is 5.32 Å². The summed E-state index contributed by atoms with van der Waals surface area (Å²) in [6.07, 6.45) is 2.03. The van der Waals surface area contributed by atoms with E-state index in [-0.39, 0.29) is 5.91 Å². The van der Waals surface area contributed by atoms with Crippen LogP contribution in [0.25, 0.3) is 0 Å². The molecule has 0 spiro atoms. The number of hydrogen-bond acceptors (Lipinski definition) is 5. The molecule has 0 saturated carbocycles. The van der Waals surface area contributed by atoms with Crippen molar-refractivity contribution in [1.29, 1.82) is 0 Å². The van der Waals surface area contributed by atoms with Gasteiger partial charge in [0.05, 0.1) is 5.56 Å². The van der Waals surface area contributed by atoms with Crippen LogP contribution in [0.2, 0.25) is 0 Å². The van der Waals surface area contributed by atoms with E-state index in [9.17, 15) is 14.4 Å². The second-order valence-electron chi connectivity index (χ2n) is 6.39. The van der Waals surface area contributed by atoms with Crippen LogP contribution in [0.1, 0.15) is 47.4 Å². The van der Waals surface area contributed by atoms with Crippen molar-refractivity contribution in [3.05, 3.63) is 59.7 Å². The predicted octanol–water partition coefficient (Wildman–Crippen LogP) is 3.44. The van der Waals surface area contributed by atoms with Crippen LogP contribution in [-0.2, 0) is 9.53 Å². The van der Waals surface area contributed by atoms with Crippen LogP contribution in [0.5, 0.6) is 0 Å². The van der Waals surface area contributed by atoms with E-state index in [2.05, 4.69) is 22.9 Å². The summed E-state index contributed by atoms with van der Waals surface area (Å²) in [5.41, 5.74) is 1.96. The predicted molar refractivity (Wildman–Crippen MR) is 113 cm³/mol. The third kappa shape index (κ3) is 6.95. The minimum absolute atomic E-state index is 0.220. The maximum absolute atomic E-state index is 12.4. The number of esters is 1. The van der Waals surface area contributed by atoms with Crippen molar-refractivity contribution in [2.45, 2.75) is 26.7 Å². The Bertz CT molecular complexity index is 851. The van der Waals surface area contributed by atoms with Crippen molar-refractivity contribution in [3.63, 3.8) is 0 Å². The van der Waals surface area contributed by atoms with E-state index >= 15 is 0 Å². The molecule has 0 aliphatic rings. The number of hydrogen-bond donors (Lipinski definition) is 3. The molecule has 0 fully saturated rings. The summed E-state index contributed by atoms with van der Waals surface area (Å²) < 4.78 is 5.16. The SMILES string of the molecule is CCCCNc1ccccc1C(=O)OCC(=O)Nc1cccc(C(=O)NCC)c1. The Morgan fingerprint density at radius 3 is 2.55 bits per heavy atom. The van der Waals surface area contributed by atoms with E-state index in [0.29, 0.717) is 29.0 Å². The molecule has 3 N–H and O–H groups in total. The number of ether oxygens (including phenoxy) is 1. The van der Waals surface area contributed by atoms with Crippen LogP contribution in [0.3, 0.4) is 0 Å². The molecule has 154 valence electrons. The van der Waals surface area contributed by atoms with Crippen molar-refractivity contribution < 1.29 is 19.1 Å². The topological polar surface area (TPSA) is 96.5 Å². The zero-order chi connectivity index (χ0) is 21.1. The van der Waals surface area contributed by atoms with Crippen molar-refractivity contribution in [2.24, 2.45) is 0 Å². The van der Waals surface area contributed by atoms with E-state index in [0.717, 1.165) is 19.4 Å². The highest BCUT2D eigenvalue weighted by molar-refractivity contribution is 5.99. The number of rotatable bonds is 10. The van der Waals surface area contributed by atoms with Gasteiger partial charge in [-0.05, 0) is 43.7 Å². The third-order valence-electron chi connectivity index (χ3n) is 4.07. The van der Waals surface area contributed by atoms with Gasteiger partial charge < -0.3 is 20.7 Å². The molecule has 0 aliphatic heterocycles. The number of carbonyl (C=O) groups is 3. The lowest BCUT2D eigenvalue weighted by Crippen LogP contribution is -2.23. The average Bonchev–Trinajstić information content (AvgIpc) is 2.73. The standard InChI is InChI=1S/C22H27N3O4/c1-3-5-13-24-19-12-7-6-11-18(19)22(28)29-15-20(26)25-17-10-8-9-16(14-17)21(27)23-4-2/h6-12,14,24H,3-5,13,15H2,1-2H3,(H,23,27)(H,25,26). The van der Waals surface area contributed by atoms with Crippen LogP contribution in [0, 0.1) is 0 Å². The number of amides is 2. The van der Waals surface area contributed by atoms with E-state index in [1.54, 1.807) is 42.5 Å². The largest absolute Gasteiger partial charge is 0.452 e. The first-order valence-electron chi connectivity index (χ1n) is 9.73. The lowest BCUT2D eigenvalue weighted by Gasteiger charge is -2.12. The van der Waals surface area contributed by atoms with Gasteiger partial charge in [-0.15, -0.1) is 0 Å². The first-order valence-corrected chi connectivity index (χ1v) is 9.73. The van der Waals surface area contributed by atoms with Gasteiger partial charge in [0.1, 0.15) is 0 Å². The van der Waals surface area contributed by atoms with Gasteiger partial charge in [0.25, 0.3) is 11.8 Å². The van der Waals surface area contributed by atoms with Crippen molar-refractivity contribution >= 4 is 29.2 Å². The summed E-state index contributed by atoms with van der Waals surface area (Å²) >= 11 is 0. The Hall–Kier alpha value is -3.35. The number of para-hydroxylation sites is 1. The summed E-state index contributed by atoms with van der Waals surface area (Å²) in [5, 5.41) is 8.54. The molecule has 0 atom stereocenters. The van der Waals surface area contributed by atoms with Crippen molar-refractivity contribution in [3.8, 4) is 0 Å². The molecule has 0 saturated heterocycles. The lowest BCUT2D eigenvalue weighted by molar-refractivity contribution is -0.119. The number of anilines is 2. The fourth-order valence-corrected chi connectivity index (χ4v) is 2.62. The summed E-state index contributed by atoms with van der Waals surface area (Å²) in [7, 11) is 0. The smallest absolute Gasteiger partial charge is 0.340 e. The lowest BCUT2D eigenvalue weighted by atomic mass is 10.1. The zero-order valence-electron chi connectivity index (χ0n) is 16.8. The zero-order valence-corrected chi connectivity index (χ0v) is 16.8. The Morgan fingerprint density at radius 2 is 1.79 bits per heavy atom. The molecule has 0 unspecified atom stereocenters. The Balaban J connectivity index is 1.92. The quantitative estimate of drug-likeness (QED) is 0.422. The molecule has 29 heavy (non-hydrogen) atoms. The Kier molecular flexibility index (Phi) is 8.69. The molecule has 2 aromatic rings. The van der Waals surface area contributed by atoms with E-state index in [1.807, 2.05) is 13.0 Å². The fourth-order valence-electron chi connectivity index (χ4n) is 2.62. The Labute approximate surface area is 170 Å². The van der Waals surface area contributed by atoms with Gasteiger partial charge >= 0.3 is 5.97 Å². The second-order valence-corrected chi connectivity index (χ2v) is 6.39. The fraction of sp³-hybridized carbons (Fsp3) is 0.318. The molecule has 2 amide bonds. The molecule has 2 rings (SSSR count). The minimum Gasteiger partial charge on any atom is -0.452 e. The van der Waals surface area contributed by atoms with Crippen molar-refractivity contribution in [2.75, 3.05) is 30.3 Å². The van der Waals surface area contributed by atoms with Gasteiger partial charge in [-0.1, -0.05) is 31.5 Å². The first kappa shape index (κ1) is 21.9. The van der Waals surface area contributed by atoms with E-state index in [1.165, 1.54) is 0 Å². The molecule has 7 nitrogen and oxygen atoms in total. The molecular weight excluding hydrogens is 370 g/mol. The molecule has 7 heteroatoms. The normalized spacial score (nSPS) is 10.1. The number of carbonyl (C=O) groups excluding carboxylic acids is 3. The highest BCUT2D eigenvalue weighted by atomic mass is 16.5. The second kappa shape index (κ2) is 11.5. The summed E-state index contributed by atoms with van der Waals surface area (Å²) in [5.74, 6) is -1.28.